The van der Waals surface area contributed by atoms with E-state index >= 15 is 0 Å². The van der Waals surface area contributed by atoms with Gasteiger partial charge in [-0.05, 0) is 18.7 Å². The van der Waals surface area contributed by atoms with Crippen molar-refractivity contribution in [2.75, 3.05) is 38.1 Å². The van der Waals surface area contributed by atoms with E-state index < -0.39 is 0 Å². The highest BCUT2D eigenvalue weighted by Crippen LogP contribution is 2.26. The fraction of sp³-hybridized carbons (Fsp3) is 0.429. The van der Waals surface area contributed by atoms with Gasteiger partial charge in [-0.2, -0.15) is 0 Å². The zero-order valence-electron chi connectivity index (χ0n) is 11.8. The Morgan fingerprint density at radius 3 is 2.57 bits per heavy atom. The first-order chi connectivity index (χ1) is 10.1. The molecule has 5 nitrogen and oxygen atoms in total. The van der Waals surface area contributed by atoms with E-state index in [0.29, 0.717) is 33.4 Å². The van der Waals surface area contributed by atoms with Crippen molar-refractivity contribution < 1.29 is 5.11 Å². The highest BCUT2D eigenvalue weighted by atomic mass is 35.5. The molecule has 0 aliphatic rings. The quantitative estimate of drug-likeness (QED) is 0.818. The number of hydrogen-bond acceptors (Lipinski definition) is 5. The second-order valence-electron chi connectivity index (χ2n) is 4.59. The van der Waals surface area contributed by atoms with E-state index in [0.717, 1.165) is 19.6 Å². The summed E-state index contributed by atoms with van der Waals surface area (Å²) in [5, 5.41) is 13.1. The third-order valence-corrected chi connectivity index (χ3v) is 3.90. The normalized spacial score (nSPS) is 11.3. The Balaban J connectivity index is 2.01. The number of nitrogens with zero attached hydrogens (tertiary/aromatic N) is 3. The maximum atomic E-state index is 8.94. The van der Waals surface area contributed by atoms with E-state index in [9.17, 15) is 0 Å². The molecule has 0 fully saturated rings. The van der Waals surface area contributed by atoms with Gasteiger partial charge in [0.05, 0.1) is 33.9 Å². The largest absolute Gasteiger partial charge is 0.395 e. The number of hydrogen-bond donors (Lipinski definition) is 2. The highest BCUT2D eigenvalue weighted by Gasteiger charge is 2.05. The van der Waals surface area contributed by atoms with E-state index in [1.165, 1.54) is 0 Å². The number of fused-ring (bicyclic) bond motifs is 1. The summed E-state index contributed by atoms with van der Waals surface area (Å²) in [5.74, 6) is 0.695. The Hall–Kier alpha value is -1.14. The minimum atomic E-state index is 0.170. The standard InChI is InChI=1S/C14H18Cl2N4O/c1-2-20(5-6-21)4-3-17-14-9-18-12-7-10(15)11(16)8-13(12)19-14/h7-9,21H,2-6H2,1H3,(H,17,19). The molecule has 1 aromatic carbocycles. The third kappa shape index (κ3) is 4.41. The minimum absolute atomic E-state index is 0.170. The number of aliphatic hydroxyl groups is 1. The van der Waals surface area contributed by atoms with Crippen LogP contribution in [0.25, 0.3) is 11.0 Å². The zero-order valence-corrected chi connectivity index (χ0v) is 13.3. The fourth-order valence-corrected chi connectivity index (χ4v) is 2.32. The Bertz CT molecular complexity index is 609. The molecule has 2 aromatic rings. The summed E-state index contributed by atoms with van der Waals surface area (Å²) in [7, 11) is 0. The summed E-state index contributed by atoms with van der Waals surface area (Å²) < 4.78 is 0. The van der Waals surface area contributed by atoms with Crippen LogP contribution in [0.3, 0.4) is 0 Å². The van der Waals surface area contributed by atoms with Gasteiger partial charge in [0.15, 0.2) is 0 Å². The predicted octanol–water partition coefficient (Wildman–Crippen LogP) is 2.66. The van der Waals surface area contributed by atoms with Gasteiger partial charge in [0, 0.05) is 19.6 Å². The van der Waals surface area contributed by atoms with Crippen LogP contribution in [0, 0.1) is 0 Å². The first-order valence-electron chi connectivity index (χ1n) is 6.83. The molecule has 0 unspecified atom stereocenters. The lowest BCUT2D eigenvalue weighted by Gasteiger charge is -2.19. The van der Waals surface area contributed by atoms with Gasteiger partial charge in [-0.15, -0.1) is 0 Å². The maximum Gasteiger partial charge on any atom is 0.145 e. The number of benzene rings is 1. The Morgan fingerprint density at radius 1 is 1.19 bits per heavy atom. The van der Waals surface area contributed by atoms with Gasteiger partial charge in [-0.25, -0.2) is 4.98 Å². The van der Waals surface area contributed by atoms with Crippen LogP contribution in [0.2, 0.25) is 10.0 Å². The molecule has 0 aliphatic carbocycles. The summed E-state index contributed by atoms with van der Waals surface area (Å²) in [5.41, 5.74) is 1.42. The van der Waals surface area contributed by atoms with E-state index in [-0.39, 0.29) is 6.61 Å². The Kier molecular flexibility index (Phi) is 5.99. The van der Waals surface area contributed by atoms with Crippen molar-refractivity contribution in [1.82, 2.24) is 14.9 Å². The molecule has 0 bridgehead atoms. The Labute approximate surface area is 133 Å². The van der Waals surface area contributed by atoms with Crippen LogP contribution >= 0.6 is 23.2 Å². The van der Waals surface area contributed by atoms with Gasteiger partial charge in [0.25, 0.3) is 0 Å². The molecule has 0 spiro atoms. The van der Waals surface area contributed by atoms with Crippen LogP contribution < -0.4 is 5.32 Å². The van der Waals surface area contributed by atoms with Gasteiger partial charge in [0.2, 0.25) is 0 Å². The molecule has 0 aliphatic heterocycles. The van der Waals surface area contributed by atoms with Crippen LogP contribution in [0.5, 0.6) is 0 Å². The van der Waals surface area contributed by atoms with Crippen molar-refractivity contribution in [2.45, 2.75) is 6.92 Å². The summed E-state index contributed by atoms with van der Waals surface area (Å²) in [4.78, 5) is 10.9. The van der Waals surface area contributed by atoms with Crippen molar-refractivity contribution in [3.8, 4) is 0 Å². The van der Waals surface area contributed by atoms with E-state index in [4.69, 9.17) is 28.3 Å². The molecule has 0 saturated heterocycles. The molecule has 21 heavy (non-hydrogen) atoms. The fourth-order valence-electron chi connectivity index (χ4n) is 2.00. The number of rotatable bonds is 7. The van der Waals surface area contributed by atoms with Gasteiger partial charge < -0.3 is 10.4 Å². The summed E-state index contributed by atoms with van der Waals surface area (Å²) in [6, 6.07) is 3.41. The zero-order chi connectivity index (χ0) is 15.2. The number of aliphatic hydroxyl groups excluding tert-OH is 1. The topological polar surface area (TPSA) is 61.3 Å². The molecule has 0 radical (unpaired) electrons. The van der Waals surface area contributed by atoms with Crippen LogP contribution in [0.1, 0.15) is 6.92 Å². The SMILES string of the molecule is CCN(CCO)CCNc1cnc2cc(Cl)c(Cl)cc2n1. The lowest BCUT2D eigenvalue weighted by Crippen LogP contribution is -2.31. The lowest BCUT2D eigenvalue weighted by molar-refractivity contribution is 0.206. The van der Waals surface area contributed by atoms with Crippen molar-refractivity contribution in [3.63, 3.8) is 0 Å². The van der Waals surface area contributed by atoms with E-state index in [1.807, 2.05) is 0 Å². The molecule has 1 aromatic heterocycles. The molecule has 0 atom stereocenters. The molecule has 7 heteroatoms. The van der Waals surface area contributed by atoms with Gasteiger partial charge in [0.1, 0.15) is 5.82 Å². The first-order valence-corrected chi connectivity index (χ1v) is 7.58. The van der Waals surface area contributed by atoms with Crippen LogP contribution in [-0.4, -0.2) is 52.8 Å². The second kappa shape index (κ2) is 7.75. The molecule has 114 valence electrons. The first kappa shape index (κ1) is 16.2. The number of aromatic nitrogens is 2. The molecule has 0 saturated carbocycles. The molecule has 2 rings (SSSR count). The molecular weight excluding hydrogens is 311 g/mol. The minimum Gasteiger partial charge on any atom is -0.395 e. The second-order valence-corrected chi connectivity index (χ2v) is 5.41. The number of anilines is 1. The van der Waals surface area contributed by atoms with Gasteiger partial charge in [-0.3, -0.25) is 9.88 Å². The molecular formula is C14H18Cl2N4O. The monoisotopic (exact) mass is 328 g/mol. The van der Waals surface area contributed by atoms with Crippen molar-refractivity contribution >= 4 is 40.1 Å². The molecule has 0 amide bonds. The van der Waals surface area contributed by atoms with Crippen LogP contribution in [0.15, 0.2) is 18.3 Å². The average Bonchev–Trinajstić information content (AvgIpc) is 2.47. The van der Waals surface area contributed by atoms with Crippen molar-refractivity contribution in [3.05, 3.63) is 28.4 Å². The average molecular weight is 329 g/mol. The Morgan fingerprint density at radius 2 is 1.90 bits per heavy atom. The smallest absolute Gasteiger partial charge is 0.145 e. The highest BCUT2D eigenvalue weighted by molar-refractivity contribution is 6.42. The lowest BCUT2D eigenvalue weighted by atomic mass is 10.3. The van der Waals surface area contributed by atoms with Crippen LogP contribution in [0.4, 0.5) is 5.82 Å². The molecule has 1 heterocycles. The number of halogens is 2. The summed E-state index contributed by atoms with van der Waals surface area (Å²) >= 11 is 11.9. The van der Waals surface area contributed by atoms with Gasteiger partial charge in [-0.1, -0.05) is 30.1 Å². The number of likely N-dealkylation sites (N-methyl/N-ethyl adjacent to an activating group) is 1. The van der Waals surface area contributed by atoms with Crippen LogP contribution in [-0.2, 0) is 0 Å². The predicted molar refractivity (Wildman–Crippen MR) is 87.2 cm³/mol. The summed E-state index contributed by atoms with van der Waals surface area (Å²) in [6.45, 7) is 5.38. The third-order valence-electron chi connectivity index (χ3n) is 3.18. The number of nitrogens with one attached hydrogen (secondary N) is 1. The van der Waals surface area contributed by atoms with Crippen molar-refractivity contribution in [1.29, 1.82) is 0 Å². The molecule has 2 N–H and O–H groups in total. The van der Waals surface area contributed by atoms with E-state index in [1.54, 1.807) is 18.3 Å². The van der Waals surface area contributed by atoms with Gasteiger partial charge >= 0.3 is 0 Å². The van der Waals surface area contributed by atoms with E-state index in [2.05, 4.69) is 27.1 Å². The maximum absolute atomic E-state index is 8.94. The van der Waals surface area contributed by atoms with Crippen molar-refractivity contribution in [2.24, 2.45) is 0 Å². The summed E-state index contributed by atoms with van der Waals surface area (Å²) in [6.07, 6.45) is 1.68.